The molecule has 0 aliphatic rings. The lowest BCUT2D eigenvalue weighted by Crippen LogP contribution is -2.20. The van der Waals surface area contributed by atoms with Gasteiger partial charge in [0, 0.05) is 36.2 Å². The SMILES string of the molecule is CCCn1cc(C(N)CN)c2ccccc21. The van der Waals surface area contributed by atoms with Crippen LogP contribution in [0.15, 0.2) is 30.5 Å². The van der Waals surface area contributed by atoms with Crippen LogP contribution in [0.25, 0.3) is 10.9 Å². The molecule has 0 bridgehead atoms. The number of hydrogen-bond acceptors (Lipinski definition) is 2. The Morgan fingerprint density at radius 3 is 2.75 bits per heavy atom. The molecule has 86 valence electrons. The van der Waals surface area contributed by atoms with Crippen molar-refractivity contribution in [1.82, 2.24) is 4.57 Å². The molecule has 0 radical (unpaired) electrons. The van der Waals surface area contributed by atoms with Crippen molar-refractivity contribution >= 4 is 10.9 Å². The molecule has 2 aromatic rings. The van der Waals surface area contributed by atoms with Gasteiger partial charge in [-0.05, 0) is 18.1 Å². The number of aryl methyl sites for hydroxylation is 1. The van der Waals surface area contributed by atoms with Gasteiger partial charge in [0.25, 0.3) is 0 Å². The number of nitrogens with two attached hydrogens (primary N) is 2. The maximum absolute atomic E-state index is 6.03. The van der Waals surface area contributed by atoms with Gasteiger partial charge in [0.15, 0.2) is 0 Å². The normalized spacial score (nSPS) is 13.2. The van der Waals surface area contributed by atoms with E-state index in [-0.39, 0.29) is 6.04 Å². The van der Waals surface area contributed by atoms with Gasteiger partial charge in [0.1, 0.15) is 0 Å². The van der Waals surface area contributed by atoms with E-state index in [0.29, 0.717) is 6.54 Å². The molecule has 2 rings (SSSR count). The number of hydrogen-bond donors (Lipinski definition) is 2. The second kappa shape index (κ2) is 4.68. The monoisotopic (exact) mass is 217 g/mol. The van der Waals surface area contributed by atoms with Gasteiger partial charge in [-0.1, -0.05) is 25.1 Å². The lowest BCUT2D eigenvalue weighted by atomic mass is 10.1. The van der Waals surface area contributed by atoms with Crippen molar-refractivity contribution in [2.75, 3.05) is 6.54 Å². The third kappa shape index (κ3) is 1.84. The highest BCUT2D eigenvalue weighted by Gasteiger charge is 2.12. The summed E-state index contributed by atoms with van der Waals surface area (Å²) in [5.41, 5.74) is 14.1. The zero-order valence-corrected chi connectivity index (χ0v) is 9.69. The minimum absolute atomic E-state index is 0.0667. The lowest BCUT2D eigenvalue weighted by molar-refractivity contribution is 0.687. The van der Waals surface area contributed by atoms with Crippen LogP contribution in [0.2, 0.25) is 0 Å². The number of rotatable bonds is 4. The van der Waals surface area contributed by atoms with Crippen molar-refractivity contribution in [3.05, 3.63) is 36.0 Å². The highest BCUT2D eigenvalue weighted by atomic mass is 15.0. The molecular weight excluding hydrogens is 198 g/mol. The van der Waals surface area contributed by atoms with Crippen LogP contribution in [0.1, 0.15) is 24.9 Å². The molecule has 3 heteroatoms. The summed E-state index contributed by atoms with van der Waals surface area (Å²) in [7, 11) is 0. The summed E-state index contributed by atoms with van der Waals surface area (Å²) < 4.78 is 2.26. The molecule has 3 nitrogen and oxygen atoms in total. The smallest absolute Gasteiger partial charge is 0.0483 e. The molecule has 0 spiro atoms. The van der Waals surface area contributed by atoms with E-state index >= 15 is 0 Å². The predicted octanol–water partition coefficient (Wildman–Crippen LogP) is 2.01. The molecule has 0 saturated heterocycles. The Hall–Kier alpha value is -1.32. The van der Waals surface area contributed by atoms with Crippen LogP contribution in [-0.2, 0) is 6.54 Å². The molecule has 1 heterocycles. The van der Waals surface area contributed by atoms with Crippen molar-refractivity contribution in [3.63, 3.8) is 0 Å². The van der Waals surface area contributed by atoms with Crippen molar-refractivity contribution in [3.8, 4) is 0 Å². The summed E-state index contributed by atoms with van der Waals surface area (Å²) in [5.74, 6) is 0. The van der Waals surface area contributed by atoms with Crippen LogP contribution >= 0.6 is 0 Å². The fourth-order valence-corrected chi connectivity index (χ4v) is 2.12. The standard InChI is InChI=1S/C13H19N3/c1-2-7-16-9-11(12(15)8-14)10-5-3-4-6-13(10)16/h3-6,9,12H,2,7-8,14-15H2,1H3. The Morgan fingerprint density at radius 1 is 1.31 bits per heavy atom. The second-order valence-electron chi connectivity index (χ2n) is 4.14. The zero-order valence-electron chi connectivity index (χ0n) is 9.69. The van der Waals surface area contributed by atoms with Crippen LogP contribution in [0.5, 0.6) is 0 Å². The number of nitrogens with zero attached hydrogens (tertiary/aromatic N) is 1. The number of para-hydroxylation sites is 1. The Kier molecular flexibility index (Phi) is 3.27. The molecule has 0 saturated carbocycles. The molecule has 1 atom stereocenters. The fraction of sp³-hybridized carbons (Fsp3) is 0.385. The first-order valence-corrected chi connectivity index (χ1v) is 5.81. The third-order valence-corrected chi connectivity index (χ3v) is 2.94. The van der Waals surface area contributed by atoms with E-state index in [4.69, 9.17) is 11.5 Å². The molecule has 0 fully saturated rings. The van der Waals surface area contributed by atoms with Crippen LogP contribution in [0.4, 0.5) is 0 Å². The average Bonchev–Trinajstić information content (AvgIpc) is 2.68. The first-order valence-electron chi connectivity index (χ1n) is 5.81. The molecular formula is C13H19N3. The molecule has 1 aromatic heterocycles. The van der Waals surface area contributed by atoms with E-state index in [0.717, 1.165) is 18.5 Å². The molecule has 1 aromatic carbocycles. The maximum Gasteiger partial charge on any atom is 0.0483 e. The van der Waals surface area contributed by atoms with Gasteiger partial charge >= 0.3 is 0 Å². The Morgan fingerprint density at radius 2 is 2.06 bits per heavy atom. The van der Waals surface area contributed by atoms with Crippen LogP contribution in [0, 0.1) is 0 Å². The summed E-state index contributed by atoms with van der Waals surface area (Å²) >= 11 is 0. The largest absolute Gasteiger partial charge is 0.347 e. The quantitative estimate of drug-likeness (QED) is 0.823. The molecule has 0 aliphatic carbocycles. The topological polar surface area (TPSA) is 57.0 Å². The summed E-state index contributed by atoms with van der Waals surface area (Å²) in [6.45, 7) is 3.69. The maximum atomic E-state index is 6.03. The minimum Gasteiger partial charge on any atom is -0.347 e. The van der Waals surface area contributed by atoms with Gasteiger partial charge in [-0.2, -0.15) is 0 Å². The van der Waals surface area contributed by atoms with Gasteiger partial charge in [-0.25, -0.2) is 0 Å². The van der Waals surface area contributed by atoms with Crippen molar-refractivity contribution < 1.29 is 0 Å². The first-order chi connectivity index (χ1) is 7.77. The van der Waals surface area contributed by atoms with Gasteiger partial charge in [0.2, 0.25) is 0 Å². The van der Waals surface area contributed by atoms with Crippen molar-refractivity contribution in [2.24, 2.45) is 11.5 Å². The molecule has 0 aliphatic heterocycles. The highest BCUT2D eigenvalue weighted by Crippen LogP contribution is 2.25. The first kappa shape index (κ1) is 11.2. The number of fused-ring (bicyclic) bond motifs is 1. The van der Waals surface area contributed by atoms with Crippen molar-refractivity contribution in [1.29, 1.82) is 0 Å². The number of benzene rings is 1. The Balaban J connectivity index is 2.57. The van der Waals surface area contributed by atoms with Crippen LogP contribution in [0.3, 0.4) is 0 Å². The molecule has 1 unspecified atom stereocenters. The minimum atomic E-state index is -0.0667. The van der Waals surface area contributed by atoms with Crippen molar-refractivity contribution in [2.45, 2.75) is 25.9 Å². The highest BCUT2D eigenvalue weighted by molar-refractivity contribution is 5.84. The van der Waals surface area contributed by atoms with E-state index in [9.17, 15) is 0 Å². The summed E-state index contributed by atoms with van der Waals surface area (Å²) in [4.78, 5) is 0. The van der Waals surface area contributed by atoms with Crippen LogP contribution < -0.4 is 11.5 Å². The third-order valence-electron chi connectivity index (χ3n) is 2.94. The molecule has 0 amide bonds. The lowest BCUT2D eigenvalue weighted by Gasteiger charge is -2.06. The van der Waals surface area contributed by atoms with E-state index in [2.05, 4.69) is 35.9 Å². The van der Waals surface area contributed by atoms with Gasteiger partial charge < -0.3 is 16.0 Å². The van der Waals surface area contributed by atoms with Gasteiger partial charge in [0.05, 0.1) is 0 Å². The van der Waals surface area contributed by atoms with E-state index in [1.807, 2.05) is 6.07 Å². The van der Waals surface area contributed by atoms with Crippen LogP contribution in [-0.4, -0.2) is 11.1 Å². The Bertz CT molecular complexity index is 473. The molecule has 16 heavy (non-hydrogen) atoms. The summed E-state index contributed by atoms with van der Waals surface area (Å²) in [6, 6.07) is 8.30. The summed E-state index contributed by atoms with van der Waals surface area (Å²) in [6.07, 6.45) is 3.27. The fourth-order valence-electron chi connectivity index (χ4n) is 2.12. The molecule has 4 N–H and O–H groups in total. The van der Waals surface area contributed by atoms with Gasteiger partial charge in [-0.3, -0.25) is 0 Å². The van der Waals surface area contributed by atoms with E-state index < -0.39 is 0 Å². The Labute approximate surface area is 96.0 Å². The summed E-state index contributed by atoms with van der Waals surface area (Å²) in [5, 5.41) is 1.23. The second-order valence-corrected chi connectivity index (χ2v) is 4.14. The number of aromatic nitrogens is 1. The zero-order chi connectivity index (χ0) is 11.5. The van der Waals surface area contributed by atoms with E-state index in [1.165, 1.54) is 10.9 Å². The predicted molar refractivity (Wildman–Crippen MR) is 68.2 cm³/mol. The van der Waals surface area contributed by atoms with Gasteiger partial charge in [-0.15, -0.1) is 0 Å². The van der Waals surface area contributed by atoms with E-state index in [1.54, 1.807) is 0 Å². The average molecular weight is 217 g/mol.